The summed E-state index contributed by atoms with van der Waals surface area (Å²) in [5, 5.41) is 1.15. The highest BCUT2D eigenvalue weighted by molar-refractivity contribution is 9.10. The molecular formula is C10H9BrN2S. The van der Waals surface area contributed by atoms with Gasteiger partial charge in [0.2, 0.25) is 0 Å². The fourth-order valence-corrected chi connectivity index (χ4v) is 2.05. The van der Waals surface area contributed by atoms with Crippen molar-refractivity contribution in [2.45, 2.75) is 0 Å². The van der Waals surface area contributed by atoms with Crippen LogP contribution in [0.4, 0.5) is 10.7 Å². The molecule has 0 saturated carbocycles. The molecule has 0 N–H and O–H groups in total. The van der Waals surface area contributed by atoms with Crippen molar-refractivity contribution in [2.75, 3.05) is 11.9 Å². The van der Waals surface area contributed by atoms with Crippen molar-refractivity contribution in [2.24, 2.45) is 0 Å². The van der Waals surface area contributed by atoms with Crippen molar-refractivity contribution >= 4 is 38.0 Å². The van der Waals surface area contributed by atoms with Crippen molar-refractivity contribution in [1.29, 1.82) is 0 Å². The lowest BCUT2D eigenvalue weighted by Crippen LogP contribution is -2.07. The average Bonchev–Trinajstić information content (AvgIpc) is 2.71. The second-order valence-corrected chi connectivity index (χ2v) is 4.66. The summed E-state index contributed by atoms with van der Waals surface area (Å²) in [5.74, 6) is 0. The lowest BCUT2D eigenvalue weighted by molar-refractivity contribution is 1.22. The summed E-state index contributed by atoms with van der Waals surface area (Å²) < 4.78 is 1.10. The lowest BCUT2D eigenvalue weighted by atomic mass is 10.3. The highest BCUT2D eigenvalue weighted by atomic mass is 79.9. The van der Waals surface area contributed by atoms with Crippen LogP contribution in [0.25, 0.3) is 0 Å². The van der Waals surface area contributed by atoms with Crippen LogP contribution in [-0.2, 0) is 0 Å². The Morgan fingerprint density at radius 3 is 2.57 bits per heavy atom. The van der Waals surface area contributed by atoms with Gasteiger partial charge in [-0.1, -0.05) is 15.9 Å². The minimum absolute atomic E-state index is 1.10. The number of aromatic nitrogens is 1. The average molecular weight is 269 g/mol. The Morgan fingerprint density at radius 2 is 2.00 bits per heavy atom. The Hall–Kier alpha value is -0.870. The number of thiazole rings is 1. The van der Waals surface area contributed by atoms with Crippen LogP contribution >= 0.6 is 27.3 Å². The number of nitrogens with zero attached hydrogens (tertiary/aromatic N) is 2. The second kappa shape index (κ2) is 4.11. The van der Waals surface area contributed by atoms with E-state index in [2.05, 4.69) is 37.9 Å². The fourth-order valence-electron chi connectivity index (χ4n) is 1.17. The minimum Gasteiger partial charge on any atom is -0.335 e. The van der Waals surface area contributed by atoms with Crippen molar-refractivity contribution in [3.63, 3.8) is 0 Å². The molecule has 2 nitrogen and oxygen atoms in total. The number of rotatable bonds is 2. The molecule has 0 radical (unpaired) electrons. The molecular weight excluding hydrogens is 260 g/mol. The molecule has 72 valence electrons. The third kappa shape index (κ3) is 1.96. The molecule has 2 aromatic rings. The molecule has 0 atom stereocenters. The van der Waals surface area contributed by atoms with E-state index in [9.17, 15) is 0 Å². The predicted molar refractivity (Wildman–Crippen MR) is 64.3 cm³/mol. The first-order valence-electron chi connectivity index (χ1n) is 4.15. The van der Waals surface area contributed by atoms with Gasteiger partial charge in [0.1, 0.15) is 5.00 Å². The van der Waals surface area contributed by atoms with Crippen molar-refractivity contribution in [3.05, 3.63) is 40.4 Å². The molecule has 1 aromatic heterocycles. The summed E-state index contributed by atoms with van der Waals surface area (Å²) in [6, 6.07) is 8.22. The van der Waals surface area contributed by atoms with Gasteiger partial charge in [-0.05, 0) is 24.3 Å². The molecule has 0 bridgehead atoms. The van der Waals surface area contributed by atoms with Gasteiger partial charge in [0.05, 0.1) is 11.7 Å². The standard InChI is InChI=1S/C10H9BrN2S/c1-13(10-6-12-7-14-10)9-4-2-8(11)3-5-9/h2-7H,1H3. The van der Waals surface area contributed by atoms with Crippen LogP contribution in [-0.4, -0.2) is 12.0 Å². The van der Waals surface area contributed by atoms with Gasteiger partial charge in [0, 0.05) is 17.2 Å². The first-order chi connectivity index (χ1) is 6.77. The second-order valence-electron chi connectivity index (χ2n) is 2.88. The summed E-state index contributed by atoms with van der Waals surface area (Å²) in [7, 11) is 2.04. The molecule has 0 spiro atoms. The van der Waals surface area contributed by atoms with Gasteiger partial charge >= 0.3 is 0 Å². The van der Waals surface area contributed by atoms with Gasteiger partial charge in [-0.25, -0.2) is 0 Å². The Balaban J connectivity index is 2.28. The van der Waals surface area contributed by atoms with Crippen LogP contribution in [0.15, 0.2) is 40.4 Å². The third-order valence-electron chi connectivity index (χ3n) is 1.96. The SMILES string of the molecule is CN(c1ccc(Br)cc1)c1cncs1. The summed E-state index contributed by atoms with van der Waals surface area (Å²) in [6.07, 6.45) is 1.87. The molecule has 0 saturated heterocycles. The van der Waals surface area contributed by atoms with Gasteiger partial charge in [-0.15, -0.1) is 11.3 Å². The number of hydrogen-bond acceptors (Lipinski definition) is 3. The molecule has 0 fully saturated rings. The fraction of sp³-hybridized carbons (Fsp3) is 0.100. The quantitative estimate of drug-likeness (QED) is 0.826. The normalized spacial score (nSPS) is 10.1. The van der Waals surface area contributed by atoms with Crippen molar-refractivity contribution in [1.82, 2.24) is 4.98 Å². The highest BCUT2D eigenvalue weighted by Crippen LogP contribution is 2.27. The van der Waals surface area contributed by atoms with Crippen LogP contribution in [0.1, 0.15) is 0 Å². The van der Waals surface area contributed by atoms with Gasteiger partial charge in [0.25, 0.3) is 0 Å². The zero-order chi connectivity index (χ0) is 9.97. The van der Waals surface area contributed by atoms with E-state index >= 15 is 0 Å². The Kier molecular flexibility index (Phi) is 2.84. The molecule has 0 unspecified atom stereocenters. The number of hydrogen-bond donors (Lipinski definition) is 0. The Labute approximate surface area is 95.3 Å². The molecule has 1 aromatic carbocycles. The number of halogens is 1. The van der Waals surface area contributed by atoms with Gasteiger partial charge in [0.15, 0.2) is 0 Å². The largest absolute Gasteiger partial charge is 0.335 e. The molecule has 4 heteroatoms. The predicted octanol–water partition coefficient (Wildman–Crippen LogP) is 3.67. The van der Waals surface area contributed by atoms with Crippen LogP contribution in [0.5, 0.6) is 0 Å². The van der Waals surface area contributed by atoms with E-state index in [1.807, 2.05) is 30.9 Å². The Bertz CT molecular complexity index is 397. The van der Waals surface area contributed by atoms with Crippen molar-refractivity contribution in [3.8, 4) is 0 Å². The molecule has 2 rings (SSSR count). The summed E-state index contributed by atoms with van der Waals surface area (Å²) in [6.45, 7) is 0. The zero-order valence-electron chi connectivity index (χ0n) is 7.64. The highest BCUT2D eigenvalue weighted by Gasteiger charge is 2.04. The summed E-state index contributed by atoms with van der Waals surface area (Å²) in [4.78, 5) is 6.17. The van der Waals surface area contributed by atoms with E-state index in [4.69, 9.17) is 0 Å². The topological polar surface area (TPSA) is 16.1 Å². The van der Waals surface area contributed by atoms with E-state index < -0.39 is 0 Å². The summed E-state index contributed by atoms with van der Waals surface area (Å²) >= 11 is 5.05. The molecule has 0 amide bonds. The first kappa shape index (κ1) is 9.68. The lowest BCUT2D eigenvalue weighted by Gasteiger charge is -2.16. The van der Waals surface area contributed by atoms with Crippen LogP contribution in [0, 0.1) is 0 Å². The molecule has 14 heavy (non-hydrogen) atoms. The summed E-state index contributed by atoms with van der Waals surface area (Å²) in [5.41, 5.74) is 3.00. The number of benzene rings is 1. The van der Waals surface area contributed by atoms with Gasteiger partial charge in [-0.2, -0.15) is 0 Å². The van der Waals surface area contributed by atoms with E-state index in [-0.39, 0.29) is 0 Å². The van der Waals surface area contributed by atoms with Gasteiger partial charge in [-0.3, -0.25) is 4.98 Å². The van der Waals surface area contributed by atoms with E-state index in [0.717, 1.165) is 15.2 Å². The molecule has 0 aliphatic rings. The zero-order valence-corrected chi connectivity index (χ0v) is 10.0. The third-order valence-corrected chi connectivity index (χ3v) is 3.34. The van der Waals surface area contributed by atoms with Crippen LogP contribution in [0.3, 0.4) is 0 Å². The van der Waals surface area contributed by atoms with E-state index in [1.54, 1.807) is 11.3 Å². The maximum atomic E-state index is 4.05. The number of anilines is 2. The van der Waals surface area contributed by atoms with Crippen LogP contribution < -0.4 is 4.90 Å². The Morgan fingerprint density at radius 1 is 1.29 bits per heavy atom. The first-order valence-corrected chi connectivity index (χ1v) is 5.82. The maximum absolute atomic E-state index is 4.05. The van der Waals surface area contributed by atoms with E-state index in [0.29, 0.717) is 0 Å². The monoisotopic (exact) mass is 268 g/mol. The molecule has 0 aliphatic heterocycles. The molecule has 0 aliphatic carbocycles. The van der Waals surface area contributed by atoms with Gasteiger partial charge < -0.3 is 4.90 Å². The molecule has 1 heterocycles. The van der Waals surface area contributed by atoms with E-state index in [1.165, 1.54) is 0 Å². The van der Waals surface area contributed by atoms with Crippen molar-refractivity contribution < 1.29 is 0 Å². The smallest absolute Gasteiger partial charge is 0.115 e. The maximum Gasteiger partial charge on any atom is 0.115 e. The van der Waals surface area contributed by atoms with Crippen LogP contribution in [0.2, 0.25) is 0 Å². The minimum atomic E-state index is 1.10.